The highest BCUT2D eigenvalue weighted by atomic mass is 16.5. The summed E-state index contributed by atoms with van der Waals surface area (Å²) in [6, 6.07) is -0.441. The molecule has 20 heavy (non-hydrogen) atoms. The standard InChI is InChI=1S/C13H21N3O4/c1-9(20-2)3-4-10(17)16-7-5-13(6-8-16)11(18)14-12(19)15-13/h9H,3-8H2,1-2H3,(H2,14,15,18,19). The molecule has 112 valence electrons. The van der Waals surface area contributed by atoms with Crippen molar-refractivity contribution in [3.8, 4) is 0 Å². The van der Waals surface area contributed by atoms with E-state index in [0.29, 0.717) is 38.8 Å². The molecule has 2 aliphatic rings. The van der Waals surface area contributed by atoms with E-state index in [4.69, 9.17) is 4.74 Å². The highest BCUT2D eigenvalue weighted by Gasteiger charge is 2.48. The Hall–Kier alpha value is -1.63. The van der Waals surface area contributed by atoms with Gasteiger partial charge in [0.15, 0.2) is 0 Å². The minimum Gasteiger partial charge on any atom is -0.382 e. The maximum Gasteiger partial charge on any atom is 0.322 e. The molecular formula is C13H21N3O4. The number of carbonyl (C=O) groups is 3. The predicted molar refractivity (Wildman–Crippen MR) is 70.9 cm³/mol. The maximum atomic E-state index is 12.1. The monoisotopic (exact) mass is 283 g/mol. The molecule has 0 saturated carbocycles. The topological polar surface area (TPSA) is 87.7 Å². The van der Waals surface area contributed by atoms with E-state index in [9.17, 15) is 14.4 Å². The van der Waals surface area contributed by atoms with Crippen LogP contribution >= 0.6 is 0 Å². The molecule has 2 saturated heterocycles. The van der Waals surface area contributed by atoms with Gasteiger partial charge in [-0.2, -0.15) is 0 Å². The number of amides is 4. The summed E-state index contributed by atoms with van der Waals surface area (Å²) in [7, 11) is 1.63. The van der Waals surface area contributed by atoms with Crippen LogP contribution < -0.4 is 10.6 Å². The van der Waals surface area contributed by atoms with Crippen LogP contribution in [-0.4, -0.2) is 54.6 Å². The number of hydrogen-bond donors (Lipinski definition) is 2. The average molecular weight is 283 g/mol. The number of nitrogens with one attached hydrogen (secondary N) is 2. The van der Waals surface area contributed by atoms with Gasteiger partial charge < -0.3 is 15.0 Å². The molecule has 2 rings (SSSR count). The third-order valence-electron chi connectivity index (χ3n) is 4.15. The zero-order chi connectivity index (χ0) is 14.8. The largest absolute Gasteiger partial charge is 0.382 e. The van der Waals surface area contributed by atoms with Gasteiger partial charge in [-0.25, -0.2) is 4.79 Å². The molecule has 7 heteroatoms. The zero-order valence-electron chi connectivity index (χ0n) is 11.9. The number of urea groups is 1. The zero-order valence-corrected chi connectivity index (χ0v) is 11.9. The normalized spacial score (nSPS) is 22.6. The second-order valence-electron chi connectivity index (χ2n) is 5.46. The second kappa shape index (κ2) is 5.78. The number of methoxy groups -OCH3 is 1. The third kappa shape index (κ3) is 2.92. The number of ether oxygens (including phenoxy) is 1. The molecule has 7 nitrogen and oxygen atoms in total. The SMILES string of the molecule is COC(C)CCC(=O)N1CCC2(CC1)NC(=O)NC2=O. The summed E-state index contributed by atoms with van der Waals surface area (Å²) in [4.78, 5) is 36.8. The maximum absolute atomic E-state index is 12.1. The van der Waals surface area contributed by atoms with Crippen molar-refractivity contribution >= 4 is 17.8 Å². The van der Waals surface area contributed by atoms with Crippen LogP contribution in [0.4, 0.5) is 4.79 Å². The lowest BCUT2D eigenvalue weighted by molar-refractivity contribution is -0.136. The lowest BCUT2D eigenvalue weighted by Gasteiger charge is -2.37. The molecule has 4 amide bonds. The molecule has 0 aromatic rings. The molecule has 2 N–H and O–H groups in total. The van der Waals surface area contributed by atoms with Crippen LogP contribution in [0, 0.1) is 0 Å². The first kappa shape index (κ1) is 14.8. The van der Waals surface area contributed by atoms with E-state index in [0.717, 1.165) is 0 Å². The lowest BCUT2D eigenvalue weighted by Crippen LogP contribution is -2.55. The van der Waals surface area contributed by atoms with Crippen molar-refractivity contribution in [2.75, 3.05) is 20.2 Å². The Labute approximate surface area is 118 Å². The Morgan fingerprint density at radius 3 is 2.55 bits per heavy atom. The Morgan fingerprint density at radius 2 is 2.05 bits per heavy atom. The molecule has 2 aliphatic heterocycles. The first-order valence-corrected chi connectivity index (χ1v) is 6.91. The summed E-state index contributed by atoms with van der Waals surface area (Å²) < 4.78 is 5.12. The van der Waals surface area contributed by atoms with E-state index in [1.807, 2.05) is 6.92 Å². The van der Waals surface area contributed by atoms with Crippen molar-refractivity contribution in [2.24, 2.45) is 0 Å². The average Bonchev–Trinajstić information content (AvgIpc) is 2.70. The van der Waals surface area contributed by atoms with Crippen LogP contribution in [0.5, 0.6) is 0 Å². The highest BCUT2D eigenvalue weighted by Crippen LogP contribution is 2.25. The Balaban J connectivity index is 1.83. The van der Waals surface area contributed by atoms with Gasteiger partial charge in [0.1, 0.15) is 5.54 Å². The van der Waals surface area contributed by atoms with E-state index < -0.39 is 11.6 Å². The van der Waals surface area contributed by atoms with Gasteiger partial charge in [0, 0.05) is 26.6 Å². The summed E-state index contributed by atoms with van der Waals surface area (Å²) >= 11 is 0. The van der Waals surface area contributed by atoms with Crippen molar-refractivity contribution in [1.82, 2.24) is 15.5 Å². The number of imide groups is 1. The predicted octanol–water partition coefficient (Wildman–Crippen LogP) is 0.00210. The summed E-state index contributed by atoms with van der Waals surface area (Å²) in [6.45, 7) is 2.92. The van der Waals surface area contributed by atoms with E-state index in [1.54, 1.807) is 12.0 Å². The number of piperidine rings is 1. The molecule has 1 atom stereocenters. The fourth-order valence-corrected chi connectivity index (χ4v) is 2.62. The fourth-order valence-electron chi connectivity index (χ4n) is 2.62. The summed E-state index contributed by atoms with van der Waals surface area (Å²) in [5.41, 5.74) is -0.812. The molecule has 0 aromatic carbocycles. The molecule has 0 aromatic heterocycles. The molecule has 0 radical (unpaired) electrons. The van der Waals surface area contributed by atoms with Crippen LogP contribution in [0.2, 0.25) is 0 Å². The van der Waals surface area contributed by atoms with Gasteiger partial charge in [-0.3, -0.25) is 14.9 Å². The van der Waals surface area contributed by atoms with Crippen LogP contribution in [0.1, 0.15) is 32.6 Å². The van der Waals surface area contributed by atoms with E-state index in [1.165, 1.54) is 0 Å². The van der Waals surface area contributed by atoms with Crippen molar-refractivity contribution in [3.63, 3.8) is 0 Å². The van der Waals surface area contributed by atoms with Gasteiger partial charge in [-0.05, 0) is 26.2 Å². The Morgan fingerprint density at radius 1 is 1.40 bits per heavy atom. The van der Waals surface area contributed by atoms with Gasteiger partial charge in [0.2, 0.25) is 5.91 Å². The lowest BCUT2D eigenvalue weighted by atomic mass is 9.87. The first-order chi connectivity index (χ1) is 9.47. The minimum absolute atomic E-state index is 0.0648. The smallest absolute Gasteiger partial charge is 0.322 e. The van der Waals surface area contributed by atoms with Crippen molar-refractivity contribution in [1.29, 1.82) is 0 Å². The Kier molecular flexibility index (Phi) is 4.27. The van der Waals surface area contributed by atoms with Crippen LogP contribution in [0.15, 0.2) is 0 Å². The molecule has 1 spiro atoms. The van der Waals surface area contributed by atoms with Gasteiger partial charge in [-0.15, -0.1) is 0 Å². The highest BCUT2D eigenvalue weighted by molar-refractivity contribution is 6.07. The molecule has 1 unspecified atom stereocenters. The number of likely N-dealkylation sites (tertiary alicyclic amines) is 1. The number of hydrogen-bond acceptors (Lipinski definition) is 4. The molecule has 2 heterocycles. The molecule has 2 fully saturated rings. The third-order valence-corrected chi connectivity index (χ3v) is 4.15. The summed E-state index contributed by atoms with van der Waals surface area (Å²) in [5, 5.41) is 4.94. The van der Waals surface area contributed by atoms with Crippen LogP contribution in [0.25, 0.3) is 0 Å². The van der Waals surface area contributed by atoms with Crippen molar-refractivity contribution in [2.45, 2.75) is 44.2 Å². The molecular weight excluding hydrogens is 262 g/mol. The van der Waals surface area contributed by atoms with Gasteiger partial charge >= 0.3 is 6.03 Å². The number of rotatable bonds is 4. The van der Waals surface area contributed by atoms with Gasteiger partial charge in [0.05, 0.1) is 6.10 Å². The fraction of sp³-hybridized carbons (Fsp3) is 0.769. The van der Waals surface area contributed by atoms with Crippen LogP contribution in [0.3, 0.4) is 0 Å². The van der Waals surface area contributed by atoms with Gasteiger partial charge in [-0.1, -0.05) is 0 Å². The number of nitrogens with zero attached hydrogens (tertiary/aromatic N) is 1. The Bertz CT molecular complexity index is 416. The van der Waals surface area contributed by atoms with E-state index in [2.05, 4.69) is 10.6 Å². The van der Waals surface area contributed by atoms with Crippen molar-refractivity contribution < 1.29 is 19.1 Å². The first-order valence-electron chi connectivity index (χ1n) is 6.91. The number of carbonyl (C=O) groups excluding carboxylic acids is 3. The second-order valence-corrected chi connectivity index (χ2v) is 5.46. The molecule has 0 aliphatic carbocycles. The minimum atomic E-state index is -0.812. The van der Waals surface area contributed by atoms with E-state index >= 15 is 0 Å². The van der Waals surface area contributed by atoms with E-state index in [-0.39, 0.29) is 17.9 Å². The summed E-state index contributed by atoms with van der Waals surface area (Å²) in [5.74, 6) is -0.198. The molecule has 0 bridgehead atoms. The van der Waals surface area contributed by atoms with Crippen molar-refractivity contribution in [3.05, 3.63) is 0 Å². The summed E-state index contributed by atoms with van der Waals surface area (Å²) in [6.07, 6.45) is 2.14. The van der Waals surface area contributed by atoms with Gasteiger partial charge in [0.25, 0.3) is 5.91 Å². The quantitative estimate of drug-likeness (QED) is 0.711. The van der Waals surface area contributed by atoms with Crippen LogP contribution in [-0.2, 0) is 14.3 Å².